The zero-order valence-electron chi connectivity index (χ0n) is 26.7. The number of fused-ring (bicyclic) bond motifs is 6. The summed E-state index contributed by atoms with van der Waals surface area (Å²) in [5.41, 5.74) is 10.1. The molecule has 10 rings (SSSR count). The third-order valence-electron chi connectivity index (χ3n) is 9.36. The summed E-state index contributed by atoms with van der Waals surface area (Å²) >= 11 is 0. The summed E-state index contributed by atoms with van der Waals surface area (Å²) in [7, 11) is 0. The van der Waals surface area contributed by atoms with Crippen LogP contribution in [0.25, 0.3) is 100 Å². The van der Waals surface area contributed by atoms with Crippen LogP contribution in [0.2, 0.25) is 0 Å². The molecular weight excluding hydrogens is 615 g/mol. The first kappa shape index (κ1) is 28.2. The maximum Gasteiger partial charge on any atom is 0.167 e. The molecule has 5 heteroatoms. The van der Waals surface area contributed by atoms with E-state index in [1.807, 2.05) is 72.8 Å². The average Bonchev–Trinajstić information content (AvgIpc) is 3.77. The first-order chi connectivity index (χ1) is 24.8. The molecule has 0 bridgehead atoms. The number of rotatable bonds is 5. The van der Waals surface area contributed by atoms with Gasteiger partial charge in [-0.2, -0.15) is 0 Å². The Labute approximate surface area is 287 Å². The molecule has 0 saturated carbocycles. The highest BCUT2D eigenvalue weighted by Gasteiger charge is 2.21. The van der Waals surface area contributed by atoms with Crippen LogP contribution in [-0.4, -0.2) is 15.0 Å². The Morgan fingerprint density at radius 3 is 1.60 bits per heavy atom. The number of furan rings is 2. The van der Waals surface area contributed by atoms with Gasteiger partial charge in [0.25, 0.3) is 0 Å². The summed E-state index contributed by atoms with van der Waals surface area (Å²) in [6.45, 7) is 0. The zero-order valence-corrected chi connectivity index (χ0v) is 26.7. The van der Waals surface area contributed by atoms with E-state index in [1.165, 1.54) is 0 Å². The van der Waals surface area contributed by atoms with E-state index in [9.17, 15) is 0 Å². The zero-order chi connectivity index (χ0) is 33.0. The van der Waals surface area contributed by atoms with Gasteiger partial charge in [-0.05, 0) is 52.6 Å². The van der Waals surface area contributed by atoms with E-state index < -0.39 is 0 Å². The Morgan fingerprint density at radius 2 is 0.860 bits per heavy atom. The molecule has 7 aromatic carbocycles. The number of nitrogens with zero attached hydrogens (tertiary/aromatic N) is 3. The average molecular weight is 642 g/mol. The van der Waals surface area contributed by atoms with E-state index in [1.54, 1.807) is 0 Å². The second-order valence-electron chi connectivity index (χ2n) is 12.4. The van der Waals surface area contributed by atoms with Gasteiger partial charge >= 0.3 is 0 Å². The van der Waals surface area contributed by atoms with E-state index in [0.717, 1.165) is 82.8 Å². The van der Waals surface area contributed by atoms with Gasteiger partial charge in [0, 0.05) is 32.7 Å². The standard InChI is InChI=1S/C45H27N3O2/c1-3-12-28(13-4-1)30-22-24-31(25-23-30)43-46-44(36-19-11-18-34-33-16-7-9-20-38(33)50-42(34)36)48-45(47-43)37-26-32(29-14-5-2-6-15-29)27-40-41(37)35-17-8-10-21-39(35)49-40/h1-27H. The van der Waals surface area contributed by atoms with Gasteiger partial charge < -0.3 is 8.83 Å². The van der Waals surface area contributed by atoms with Crippen molar-refractivity contribution >= 4 is 43.9 Å². The maximum atomic E-state index is 6.47. The molecule has 0 radical (unpaired) electrons. The molecule has 10 aromatic rings. The molecule has 0 atom stereocenters. The summed E-state index contributed by atoms with van der Waals surface area (Å²) in [5.74, 6) is 1.66. The first-order valence-corrected chi connectivity index (χ1v) is 16.6. The molecule has 0 unspecified atom stereocenters. The monoisotopic (exact) mass is 641 g/mol. The van der Waals surface area contributed by atoms with Gasteiger partial charge in [-0.25, -0.2) is 15.0 Å². The molecule has 5 nitrogen and oxygen atoms in total. The van der Waals surface area contributed by atoms with E-state index in [-0.39, 0.29) is 0 Å². The van der Waals surface area contributed by atoms with Crippen molar-refractivity contribution in [1.82, 2.24) is 15.0 Å². The van der Waals surface area contributed by atoms with Gasteiger partial charge in [0.15, 0.2) is 17.5 Å². The predicted molar refractivity (Wildman–Crippen MR) is 202 cm³/mol. The van der Waals surface area contributed by atoms with Crippen LogP contribution in [0.1, 0.15) is 0 Å². The van der Waals surface area contributed by atoms with Crippen LogP contribution in [-0.2, 0) is 0 Å². The van der Waals surface area contributed by atoms with E-state index in [2.05, 4.69) is 91.0 Å². The van der Waals surface area contributed by atoms with Crippen LogP contribution >= 0.6 is 0 Å². The van der Waals surface area contributed by atoms with Gasteiger partial charge in [0.2, 0.25) is 0 Å². The Balaban J connectivity index is 1.25. The quantitative estimate of drug-likeness (QED) is 0.187. The van der Waals surface area contributed by atoms with Crippen molar-refractivity contribution < 1.29 is 8.83 Å². The fraction of sp³-hybridized carbons (Fsp3) is 0. The summed E-state index contributed by atoms with van der Waals surface area (Å²) < 4.78 is 12.9. The normalized spacial score (nSPS) is 11.6. The van der Waals surface area contributed by atoms with E-state index >= 15 is 0 Å². The second kappa shape index (κ2) is 11.4. The molecule has 0 fully saturated rings. The molecule has 0 spiro atoms. The van der Waals surface area contributed by atoms with E-state index in [4.69, 9.17) is 23.8 Å². The highest BCUT2D eigenvalue weighted by Crippen LogP contribution is 2.41. The Hall–Kier alpha value is -6.85. The first-order valence-electron chi connectivity index (χ1n) is 16.6. The summed E-state index contributed by atoms with van der Waals surface area (Å²) in [6, 6.07) is 55.7. The molecule has 0 aliphatic heterocycles. The lowest BCUT2D eigenvalue weighted by atomic mass is 9.98. The van der Waals surface area contributed by atoms with Gasteiger partial charge in [-0.15, -0.1) is 0 Å². The number of benzene rings is 7. The Morgan fingerprint density at radius 1 is 0.320 bits per heavy atom. The molecule has 234 valence electrons. The Bertz CT molecular complexity index is 2850. The fourth-order valence-corrected chi connectivity index (χ4v) is 6.94. The minimum atomic E-state index is 0.535. The van der Waals surface area contributed by atoms with Crippen molar-refractivity contribution in [2.45, 2.75) is 0 Å². The second-order valence-corrected chi connectivity index (χ2v) is 12.4. The van der Waals surface area contributed by atoms with Crippen molar-refractivity contribution in [3.05, 3.63) is 164 Å². The predicted octanol–water partition coefficient (Wildman–Crippen LogP) is 12.0. The summed E-state index contributed by atoms with van der Waals surface area (Å²) in [4.78, 5) is 15.6. The number of hydrogen-bond acceptors (Lipinski definition) is 5. The van der Waals surface area contributed by atoms with Crippen molar-refractivity contribution in [3.8, 4) is 56.4 Å². The van der Waals surface area contributed by atoms with E-state index in [0.29, 0.717) is 17.5 Å². The molecule has 0 aliphatic rings. The van der Waals surface area contributed by atoms with Gasteiger partial charge in [-0.1, -0.05) is 133 Å². The molecule has 3 heterocycles. The molecule has 50 heavy (non-hydrogen) atoms. The van der Waals surface area contributed by atoms with Crippen LogP contribution < -0.4 is 0 Å². The fourth-order valence-electron chi connectivity index (χ4n) is 6.94. The van der Waals surface area contributed by atoms with Crippen LogP contribution in [0.4, 0.5) is 0 Å². The maximum absolute atomic E-state index is 6.47. The van der Waals surface area contributed by atoms with Crippen molar-refractivity contribution in [2.75, 3.05) is 0 Å². The van der Waals surface area contributed by atoms with Crippen LogP contribution in [0.15, 0.2) is 173 Å². The highest BCUT2D eigenvalue weighted by atomic mass is 16.3. The summed E-state index contributed by atoms with van der Waals surface area (Å²) in [6.07, 6.45) is 0. The minimum absolute atomic E-state index is 0.535. The number of para-hydroxylation sites is 3. The van der Waals surface area contributed by atoms with Gasteiger partial charge in [-0.3, -0.25) is 0 Å². The molecule has 3 aromatic heterocycles. The van der Waals surface area contributed by atoms with Crippen LogP contribution in [0, 0.1) is 0 Å². The molecule has 0 amide bonds. The van der Waals surface area contributed by atoms with Crippen molar-refractivity contribution in [2.24, 2.45) is 0 Å². The minimum Gasteiger partial charge on any atom is -0.456 e. The van der Waals surface area contributed by atoms with Crippen molar-refractivity contribution in [3.63, 3.8) is 0 Å². The van der Waals surface area contributed by atoms with Gasteiger partial charge in [0.05, 0.1) is 5.56 Å². The molecule has 0 N–H and O–H groups in total. The largest absolute Gasteiger partial charge is 0.456 e. The third kappa shape index (κ3) is 4.67. The third-order valence-corrected chi connectivity index (χ3v) is 9.36. The van der Waals surface area contributed by atoms with Crippen LogP contribution in [0.5, 0.6) is 0 Å². The van der Waals surface area contributed by atoms with Gasteiger partial charge in [0.1, 0.15) is 22.3 Å². The Kier molecular flexibility index (Phi) is 6.42. The van der Waals surface area contributed by atoms with Crippen molar-refractivity contribution in [1.29, 1.82) is 0 Å². The summed E-state index contributed by atoms with van der Waals surface area (Å²) in [5, 5.41) is 4.04. The lowest BCUT2D eigenvalue weighted by molar-refractivity contribution is 0.668. The number of hydrogen-bond donors (Lipinski definition) is 0. The molecule has 0 saturated heterocycles. The lowest BCUT2D eigenvalue weighted by Crippen LogP contribution is -2.01. The van der Waals surface area contributed by atoms with Crippen LogP contribution in [0.3, 0.4) is 0 Å². The SMILES string of the molecule is c1ccc(-c2ccc(-c3nc(-c4cccc5c4oc4ccccc45)nc(-c4cc(-c5ccccc5)cc5oc6ccccc6c45)n3)cc2)cc1. The topological polar surface area (TPSA) is 65.0 Å². The lowest BCUT2D eigenvalue weighted by Gasteiger charge is -2.11. The molecular formula is C45H27N3O2. The molecule has 0 aliphatic carbocycles. The smallest absolute Gasteiger partial charge is 0.167 e. The highest BCUT2D eigenvalue weighted by molar-refractivity contribution is 6.13. The number of aromatic nitrogens is 3.